The van der Waals surface area contributed by atoms with Crippen LogP contribution in [-0.2, 0) is 4.74 Å². The summed E-state index contributed by atoms with van der Waals surface area (Å²) in [4.78, 5) is 6.74. The number of ether oxygens (including phenoxy) is 1. The summed E-state index contributed by atoms with van der Waals surface area (Å²) in [7, 11) is 1.72. The van der Waals surface area contributed by atoms with Crippen molar-refractivity contribution in [3.05, 3.63) is 6.42 Å². The molecular formula is C8H13N2O. The molecule has 0 aromatic rings. The van der Waals surface area contributed by atoms with E-state index in [0.29, 0.717) is 12.6 Å². The number of rotatable bonds is 2. The second-order valence-electron chi connectivity index (χ2n) is 3.02. The van der Waals surface area contributed by atoms with Crippen LogP contribution in [0.3, 0.4) is 0 Å². The van der Waals surface area contributed by atoms with Gasteiger partial charge in [0.2, 0.25) is 0 Å². The topological polar surface area (TPSA) is 24.8 Å². The molecule has 61 valence electrons. The Labute approximate surface area is 67.1 Å². The molecule has 3 heteroatoms. The van der Waals surface area contributed by atoms with E-state index in [1.165, 1.54) is 6.42 Å². The average Bonchev–Trinajstić information content (AvgIpc) is 2.53. The SMILES string of the molecule is COCC1=NCC2C[CH]CN12. The molecule has 0 aromatic heterocycles. The monoisotopic (exact) mass is 153 g/mol. The molecule has 11 heavy (non-hydrogen) atoms. The molecule has 0 amide bonds. The molecule has 1 atom stereocenters. The van der Waals surface area contributed by atoms with Gasteiger partial charge in [-0.15, -0.1) is 0 Å². The summed E-state index contributed by atoms with van der Waals surface area (Å²) in [5.41, 5.74) is 0. The van der Waals surface area contributed by atoms with Gasteiger partial charge in [0.1, 0.15) is 12.4 Å². The normalized spacial score (nSPS) is 29.0. The van der Waals surface area contributed by atoms with E-state index in [1.807, 2.05) is 0 Å². The highest BCUT2D eigenvalue weighted by Crippen LogP contribution is 2.21. The predicted octanol–water partition coefficient (Wildman–Crippen LogP) is 0.323. The van der Waals surface area contributed by atoms with Gasteiger partial charge in [0, 0.05) is 13.7 Å². The quantitative estimate of drug-likeness (QED) is 0.571. The molecule has 0 saturated carbocycles. The highest BCUT2D eigenvalue weighted by atomic mass is 16.5. The van der Waals surface area contributed by atoms with Gasteiger partial charge in [-0.2, -0.15) is 0 Å². The Balaban J connectivity index is 2.00. The van der Waals surface area contributed by atoms with Crippen LogP contribution in [0, 0.1) is 6.42 Å². The Morgan fingerprint density at radius 2 is 2.73 bits per heavy atom. The van der Waals surface area contributed by atoms with Crippen molar-refractivity contribution in [3.8, 4) is 0 Å². The van der Waals surface area contributed by atoms with Crippen molar-refractivity contribution in [1.82, 2.24) is 4.90 Å². The van der Waals surface area contributed by atoms with E-state index in [9.17, 15) is 0 Å². The maximum absolute atomic E-state index is 5.05. The minimum atomic E-state index is 0.653. The Hall–Kier alpha value is -0.570. The van der Waals surface area contributed by atoms with E-state index in [-0.39, 0.29) is 0 Å². The van der Waals surface area contributed by atoms with E-state index < -0.39 is 0 Å². The van der Waals surface area contributed by atoms with Crippen LogP contribution in [0.15, 0.2) is 4.99 Å². The number of methoxy groups -OCH3 is 1. The van der Waals surface area contributed by atoms with Gasteiger partial charge < -0.3 is 9.64 Å². The maximum atomic E-state index is 5.05. The summed E-state index contributed by atoms with van der Waals surface area (Å²) >= 11 is 0. The fourth-order valence-corrected chi connectivity index (χ4v) is 1.73. The van der Waals surface area contributed by atoms with Crippen molar-refractivity contribution in [2.24, 2.45) is 4.99 Å². The first-order valence-electron chi connectivity index (χ1n) is 4.02. The van der Waals surface area contributed by atoms with Crippen LogP contribution in [0.2, 0.25) is 0 Å². The third kappa shape index (κ3) is 1.13. The van der Waals surface area contributed by atoms with Crippen molar-refractivity contribution >= 4 is 5.84 Å². The largest absolute Gasteiger partial charge is 0.377 e. The lowest BCUT2D eigenvalue weighted by Gasteiger charge is -2.18. The van der Waals surface area contributed by atoms with E-state index >= 15 is 0 Å². The maximum Gasteiger partial charge on any atom is 0.126 e. The van der Waals surface area contributed by atoms with E-state index in [4.69, 9.17) is 4.74 Å². The minimum Gasteiger partial charge on any atom is -0.377 e. The second kappa shape index (κ2) is 2.81. The fraction of sp³-hybridized carbons (Fsp3) is 0.750. The van der Waals surface area contributed by atoms with E-state index in [0.717, 1.165) is 18.9 Å². The zero-order valence-corrected chi connectivity index (χ0v) is 6.79. The predicted molar refractivity (Wildman–Crippen MR) is 43.6 cm³/mol. The Morgan fingerprint density at radius 1 is 1.82 bits per heavy atom. The molecule has 2 heterocycles. The van der Waals surface area contributed by atoms with Gasteiger partial charge in [-0.3, -0.25) is 4.99 Å². The van der Waals surface area contributed by atoms with Crippen LogP contribution >= 0.6 is 0 Å². The summed E-state index contributed by atoms with van der Waals surface area (Å²) in [6, 6.07) is 0.653. The smallest absolute Gasteiger partial charge is 0.126 e. The number of hydrogen-bond donors (Lipinski definition) is 0. The summed E-state index contributed by atoms with van der Waals surface area (Å²) in [5, 5.41) is 0. The molecular weight excluding hydrogens is 140 g/mol. The molecule has 2 rings (SSSR count). The van der Waals surface area contributed by atoms with Crippen LogP contribution in [0.25, 0.3) is 0 Å². The lowest BCUT2D eigenvalue weighted by atomic mass is 10.2. The van der Waals surface area contributed by atoms with Crippen molar-refractivity contribution in [1.29, 1.82) is 0 Å². The summed E-state index contributed by atoms with van der Waals surface area (Å²) in [6.07, 6.45) is 3.51. The van der Waals surface area contributed by atoms with E-state index in [1.54, 1.807) is 7.11 Å². The molecule has 0 aromatic carbocycles. The Morgan fingerprint density at radius 3 is 3.55 bits per heavy atom. The lowest BCUT2D eigenvalue weighted by Crippen LogP contribution is -2.33. The first kappa shape index (κ1) is 7.10. The zero-order valence-electron chi connectivity index (χ0n) is 6.79. The molecule has 2 aliphatic rings. The molecule has 1 radical (unpaired) electrons. The second-order valence-corrected chi connectivity index (χ2v) is 3.02. The van der Waals surface area contributed by atoms with Crippen LogP contribution in [0.5, 0.6) is 0 Å². The van der Waals surface area contributed by atoms with Gasteiger partial charge in [-0.1, -0.05) is 0 Å². The van der Waals surface area contributed by atoms with Crippen LogP contribution in [-0.4, -0.2) is 43.6 Å². The highest BCUT2D eigenvalue weighted by Gasteiger charge is 2.31. The van der Waals surface area contributed by atoms with Crippen molar-refractivity contribution in [2.45, 2.75) is 12.5 Å². The summed E-state index contributed by atoms with van der Waals surface area (Å²) < 4.78 is 5.05. The Bertz CT molecular complexity index is 179. The van der Waals surface area contributed by atoms with Gasteiger partial charge in [0.05, 0.1) is 12.6 Å². The minimum absolute atomic E-state index is 0.653. The number of nitrogens with zero attached hydrogens (tertiary/aromatic N) is 2. The Kier molecular flexibility index (Phi) is 1.82. The third-order valence-electron chi connectivity index (χ3n) is 2.29. The highest BCUT2D eigenvalue weighted by molar-refractivity contribution is 5.85. The molecule has 2 aliphatic heterocycles. The van der Waals surface area contributed by atoms with Crippen molar-refractivity contribution < 1.29 is 4.74 Å². The molecule has 0 spiro atoms. The van der Waals surface area contributed by atoms with Crippen LogP contribution in [0.4, 0.5) is 0 Å². The molecule has 3 nitrogen and oxygen atoms in total. The number of aliphatic imine (C=N–C) groups is 1. The van der Waals surface area contributed by atoms with Crippen molar-refractivity contribution in [2.75, 3.05) is 26.8 Å². The van der Waals surface area contributed by atoms with Gasteiger partial charge in [0.25, 0.3) is 0 Å². The number of fused-ring (bicyclic) bond motifs is 1. The van der Waals surface area contributed by atoms with E-state index in [2.05, 4.69) is 16.3 Å². The average molecular weight is 153 g/mol. The first-order valence-corrected chi connectivity index (χ1v) is 4.02. The molecule has 0 N–H and O–H groups in total. The van der Waals surface area contributed by atoms with Gasteiger partial charge in [0.15, 0.2) is 0 Å². The molecule has 1 unspecified atom stereocenters. The summed E-state index contributed by atoms with van der Waals surface area (Å²) in [6.45, 7) is 2.70. The zero-order chi connectivity index (χ0) is 7.68. The molecule has 1 saturated heterocycles. The molecule has 1 fully saturated rings. The molecule has 0 bridgehead atoms. The van der Waals surface area contributed by atoms with Gasteiger partial charge >= 0.3 is 0 Å². The number of hydrogen-bond acceptors (Lipinski definition) is 3. The third-order valence-corrected chi connectivity index (χ3v) is 2.29. The molecule has 0 aliphatic carbocycles. The summed E-state index contributed by atoms with van der Waals surface area (Å²) in [5.74, 6) is 1.13. The van der Waals surface area contributed by atoms with Crippen LogP contribution in [0.1, 0.15) is 6.42 Å². The van der Waals surface area contributed by atoms with Gasteiger partial charge in [-0.05, 0) is 12.8 Å². The number of amidine groups is 1. The standard InChI is InChI=1S/C8H13N2O/c1-11-6-8-9-5-7-3-2-4-10(7)8/h2,7H,3-6H2,1H3. The first-order chi connectivity index (χ1) is 5.42. The fourth-order valence-electron chi connectivity index (χ4n) is 1.73. The van der Waals surface area contributed by atoms with Crippen LogP contribution < -0.4 is 0 Å². The van der Waals surface area contributed by atoms with Gasteiger partial charge in [-0.25, -0.2) is 0 Å². The van der Waals surface area contributed by atoms with Crippen molar-refractivity contribution in [3.63, 3.8) is 0 Å². The lowest BCUT2D eigenvalue weighted by molar-refractivity contribution is 0.233.